The van der Waals surface area contributed by atoms with Gasteiger partial charge in [-0.15, -0.1) is 0 Å². The van der Waals surface area contributed by atoms with Crippen molar-refractivity contribution in [3.8, 4) is 0 Å². The number of hydrogen-bond donors (Lipinski definition) is 0. The number of nitro groups is 1. The molecule has 3 aromatic rings. The molecule has 0 aliphatic carbocycles. The van der Waals surface area contributed by atoms with E-state index < -0.39 is 0 Å². The largest absolute Gasteiger partial charge is 1.00 e. The van der Waals surface area contributed by atoms with E-state index >= 15 is 0 Å². The summed E-state index contributed by atoms with van der Waals surface area (Å²) in [5, 5.41) is 12.5. The van der Waals surface area contributed by atoms with E-state index in [0.29, 0.717) is 5.39 Å². The third-order valence-corrected chi connectivity index (χ3v) is 3.26. The lowest BCUT2D eigenvalue weighted by Gasteiger charge is -2.00. The van der Waals surface area contributed by atoms with Crippen LogP contribution in [0.15, 0.2) is 67.0 Å². The van der Waals surface area contributed by atoms with Crippen molar-refractivity contribution in [3.05, 3.63) is 82.7 Å². The number of hydrogen-bond acceptors (Lipinski definition) is 2. The Bertz CT molecular complexity index is 776. The van der Waals surface area contributed by atoms with E-state index in [9.17, 15) is 10.1 Å². The maximum Gasteiger partial charge on any atom is 0.277 e. The van der Waals surface area contributed by atoms with E-state index in [1.165, 1.54) is 11.6 Å². The van der Waals surface area contributed by atoms with Crippen molar-refractivity contribution in [2.45, 2.75) is 6.54 Å². The van der Waals surface area contributed by atoms with Gasteiger partial charge in [-0.05, 0) is 6.07 Å². The Kier molecular flexibility index (Phi) is 4.65. The van der Waals surface area contributed by atoms with Crippen LogP contribution in [0.3, 0.4) is 0 Å². The Hall–Kier alpha value is -2.27. The number of halogens is 1. The first-order chi connectivity index (χ1) is 9.74. The molecule has 0 fully saturated rings. The highest BCUT2D eigenvalue weighted by molar-refractivity contribution is 5.89. The van der Waals surface area contributed by atoms with Crippen LogP contribution in [0.1, 0.15) is 5.56 Å². The van der Waals surface area contributed by atoms with E-state index in [-0.39, 0.29) is 27.6 Å². The fourth-order valence-corrected chi connectivity index (χ4v) is 2.31. The van der Waals surface area contributed by atoms with Gasteiger partial charge in [-0.25, -0.2) is 4.57 Å². The molecule has 0 saturated carbocycles. The number of fused-ring (bicyclic) bond motifs is 1. The van der Waals surface area contributed by atoms with Crippen molar-refractivity contribution in [3.63, 3.8) is 0 Å². The normalized spacial score (nSPS) is 10.1. The molecule has 0 aliphatic heterocycles. The minimum Gasteiger partial charge on any atom is -1.00 e. The van der Waals surface area contributed by atoms with Crippen LogP contribution in [0, 0.1) is 10.1 Å². The maximum atomic E-state index is 11.0. The Morgan fingerprint density at radius 3 is 2.48 bits per heavy atom. The van der Waals surface area contributed by atoms with E-state index in [0.717, 1.165) is 11.9 Å². The molecule has 1 aromatic heterocycles. The average molecular weight is 345 g/mol. The Morgan fingerprint density at radius 1 is 1.00 bits per heavy atom. The van der Waals surface area contributed by atoms with Crippen LogP contribution in [0.2, 0.25) is 0 Å². The molecule has 0 aliphatic rings. The van der Waals surface area contributed by atoms with Gasteiger partial charge in [-0.2, -0.15) is 0 Å². The minimum atomic E-state index is -0.343. The van der Waals surface area contributed by atoms with E-state index in [4.69, 9.17) is 0 Å². The van der Waals surface area contributed by atoms with Crippen LogP contribution in [-0.2, 0) is 6.54 Å². The molecular formula is C16H13BrN2O2. The van der Waals surface area contributed by atoms with Crippen LogP contribution < -0.4 is 21.5 Å². The summed E-state index contributed by atoms with van der Waals surface area (Å²) in [6.45, 7) is 0.749. The smallest absolute Gasteiger partial charge is 0.277 e. The Labute approximate surface area is 132 Å². The molecule has 1 heterocycles. The van der Waals surface area contributed by atoms with Crippen LogP contribution >= 0.6 is 0 Å². The zero-order valence-electron chi connectivity index (χ0n) is 11.1. The topological polar surface area (TPSA) is 47.0 Å². The summed E-state index contributed by atoms with van der Waals surface area (Å²) in [5.74, 6) is 0. The lowest BCUT2D eigenvalue weighted by Crippen LogP contribution is -3.00. The van der Waals surface area contributed by atoms with Gasteiger partial charge in [0.1, 0.15) is 0 Å². The molecule has 0 radical (unpaired) electrons. The second-order valence-corrected chi connectivity index (χ2v) is 4.64. The number of pyridine rings is 1. The molecule has 2 aromatic carbocycles. The highest BCUT2D eigenvalue weighted by Crippen LogP contribution is 2.23. The van der Waals surface area contributed by atoms with Crippen molar-refractivity contribution in [2.24, 2.45) is 0 Å². The van der Waals surface area contributed by atoms with Gasteiger partial charge in [0.15, 0.2) is 18.9 Å². The van der Waals surface area contributed by atoms with Gasteiger partial charge in [0.2, 0.25) is 0 Å². The van der Waals surface area contributed by atoms with Crippen molar-refractivity contribution < 1.29 is 26.5 Å². The first-order valence-corrected chi connectivity index (χ1v) is 6.34. The SMILES string of the molecule is O=[N+]([O-])c1cccc2c[n+](Cc3ccccc3)ccc12.[Br-]. The van der Waals surface area contributed by atoms with Crippen LogP contribution in [-0.4, -0.2) is 4.92 Å². The highest BCUT2D eigenvalue weighted by atomic mass is 79.9. The second kappa shape index (κ2) is 6.45. The molecule has 0 amide bonds. The molecular weight excluding hydrogens is 332 g/mol. The van der Waals surface area contributed by atoms with Gasteiger partial charge in [0.05, 0.1) is 15.7 Å². The van der Waals surface area contributed by atoms with Gasteiger partial charge in [-0.3, -0.25) is 10.1 Å². The van der Waals surface area contributed by atoms with Gasteiger partial charge < -0.3 is 17.0 Å². The number of nitro benzene ring substituents is 1. The van der Waals surface area contributed by atoms with E-state index in [1.807, 2.05) is 41.2 Å². The van der Waals surface area contributed by atoms with Gasteiger partial charge >= 0.3 is 0 Å². The number of rotatable bonds is 3. The molecule has 0 bridgehead atoms. The molecule has 4 nitrogen and oxygen atoms in total. The van der Waals surface area contributed by atoms with Crippen LogP contribution in [0.4, 0.5) is 5.69 Å². The maximum absolute atomic E-state index is 11.0. The third kappa shape index (κ3) is 3.25. The van der Waals surface area contributed by atoms with Crippen molar-refractivity contribution >= 4 is 16.5 Å². The van der Waals surface area contributed by atoms with Crippen molar-refractivity contribution in [1.82, 2.24) is 0 Å². The molecule has 21 heavy (non-hydrogen) atoms. The Balaban J connectivity index is 0.00000161. The molecule has 0 unspecified atom stereocenters. The summed E-state index contributed by atoms with van der Waals surface area (Å²) in [4.78, 5) is 10.6. The number of benzene rings is 2. The molecule has 3 rings (SSSR count). The second-order valence-electron chi connectivity index (χ2n) is 4.64. The predicted molar refractivity (Wildman–Crippen MR) is 76.3 cm³/mol. The molecule has 106 valence electrons. The van der Waals surface area contributed by atoms with Crippen molar-refractivity contribution in [1.29, 1.82) is 0 Å². The zero-order valence-corrected chi connectivity index (χ0v) is 12.7. The van der Waals surface area contributed by atoms with E-state index in [1.54, 1.807) is 12.1 Å². The lowest BCUT2D eigenvalue weighted by molar-refractivity contribution is -0.687. The summed E-state index contributed by atoms with van der Waals surface area (Å²) in [7, 11) is 0. The van der Waals surface area contributed by atoms with Crippen molar-refractivity contribution in [2.75, 3.05) is 0 Å². The molecule has 0 saturated heterocycles. The lowest BCUT2D eigenvalue weighted by atomic mass is 10.1. The van der Waals surface area contributed by atoms with Gasteiger partial charge in [0, 0.05) is 17.7 Å². The standard InChI is InChI=1S/C16H13N2O2.BrH/c19-18(20)16-8-4-7-14-12-17(10-9-15(14)16)11-13-5-2-1-3-6-13;/h1-10,12H,11H2;1H/q+1;/p-1. The summed E-state index contributed by atoms with van der Waals surface area (Å²) in [5.41, 5.74) is 1.34. The fourth-order valence-electron chi connectivity index (χ4n) is 2.31. The minimum absolute atomic E-state index is 0. The molecule has 0 N–H and O–H groups in total. The predicted octanol–water partition coefficient (Wildman–Crippen LogP) is 0.0878. The number of aromatic nitrogens is 1. The quantitative estimate of drug-likeness (QED) is 0.384. The van der Waals surface area contributed by atoms with E-state index in [2.05, 4.69) is 12.1 Å². The molecule has 0 spiro atoms. The van der Waals surface area contributed by atoms with Crippen LogP contribution in [0.5, 0.6) is 0 Å². The summed E-state index contributed by atoms with van der Waals surface area (Å²) in [6.07, 6.45) is 3.82. The summed E-state index contributed by atoms with van der Waals surface area (Å²) in [6, 6.07) is 17.0. The van der Waals surface area contributed by atoms with Gasteiger partial charge in [0.25, 0.3) is 5.69 Å². The highest BCUT2D eigenvalue weighted by Gasteiger charge is 2.13. The average Bonchev–Trinajstić information content (AvgIpc) is 2.47. The summed E-state index contributed by atoms with van der Waals surface area (Å²) < 4.78 is 2.03. The zero-order chi connectivity index (χ0) is 13.9. The third-order valence-electron chi connectivity index (χ3n) is 3.26. The number of non-ortho nitro benzene ring substituents is 1. The van der Waals surface area contributed by atoms with Crippen LogP contribution in [0.25, 0.3) is 10.8 Å². The van der Waals surface area contributed by atoms with Gasteiger partial charge in [-0.1, -0.05) is 36.4 Å². The summed E-state index contributed by atoms with van der Waals surface area (Å²) >= 11 is 0. The monoisotopic (exact) mass is 344 g/mol. The first kappa shape index (κ1) is 15.1. The Morgan fingerprint density at radius 2 is 1.76 bits per heavy atom. The molecule has 5 heteroatoms. The first-order valence-electron chi connectivity index (χ1n) is 6.34. The fraction of sp³-hybridized carbons (Fsp3) is 0.0625. The molecule has 0 atom stereocenters. The number of nitrogens with zero attached hydrogens (tertiary/aromatic N) is 2.